The topological polar surface area (TPSA) is 24.4 Å². The van der Waals surface area contributed by atoms with Gasteiger partial charge in [-0.25, -0.2) is 0 Å². The molecule has 1 saturated carbocycles. The van der Waals surface area contributed by atoms with Crippen LogP contribution in [0.5, 0.6) is 0 Å². The highest BCUT2D eigenvalue weighted by atomic mass is 32.2. The van der Waals surface area contributed by atoms with Gasteiger partial charge >= 0.3 is 0 Å². The fourth-order valence-electron chi connectivity index (χ4n) is 2.25. The molecule has 3 heteroatoms. The largest absolute Gasteiger partial charge is 0.362 e. The van der Waals surface area contributed by atoms with Crippen molar-refractivity contribution in [3.05, 3.63) is 0 Å². The van der Waals surface area contributed by atoms with E-state index in [9.17, 15) is 0 Å². The molecular formula is C11H20N2S. The van der Waals surface area contributed by atoms with Gasteiger partial charge in [0.2, 0.25) is 0 Å². The molecule has 1 heterocycles. The molecule has 0 amide bonds. The Balaban J connectivity index is 1.84. The summed E-state index contributed by atoms with van der Waals surface area (Å²) in [6.45, 7) is 5.60. The summed E-state index contributed by atoms with van der Waals surface area (Å²) in [5, 5.41) is 5.48. The van der Waals surface area contributed by atoms with Gasteiger partial charge in [0.25, 0.3) is 0 Å². The van der Waals surface area contributed by atoms with E-state index in [1.54, 1.807) is 0 Å². The van der Waals surface area contributed by atoms with Crippen molar-refractivity contribution < 1.29 is 0 Å². The Labute approximate surface area is 90.9 Å². The van der Waals surface area contributed by atoms with E-state index in [0.29, 0.717) is 11.3 Å². The van der Waals surface area contributed by atoms with Crippen LogP contribution >= 0.6 is 11.8 Å². The molecular weight excluding hydrogens is 192 g/mol. The molecule has 1 N–H and O–H groups in total. The van der Waals surface area contributed by atoms with E-state index in [0.717, 1.165) is 12.5 Å². The minimum Gasteiger partial charge on any atom is -0.362 e. The van der Waals surface area contributed by atoms with Crippen LogP contribution in [0.2, 0.25) is 0 Å². The van der Waals surface area contributed by atoms with E-state index >= 15 is 0 Å². The van der Waals surface area contributed by atoms with Gasteiger partial charge in [-0.3, -0.25) is 4.99 Å². The average Bonchev–Trinajstić information content (AvgIpc) is 2.56. The average molecular weight is 212 g/mol. The van der Waals surface area contributed by atoms with Gasteiger partial charge in [0.05, 0.1) is 6.54 Å². The third-order valence-electron chi connectivity index (χ3n) is 3.23. The Hall–Kier alpha value is -0.180. The van der Waals surface area contributed by atoms with Gasteiger partial charge in [-0.2, -0.15) is 0 Å². The van der Waals surface area contributed by atoms with E-state index in [1.165, 1.54) is 30.9 Å². The molecule has 1 aliphatic carbocycles. The second-order valence-electron chi connectivity index (χ2n) is 4.59. The molecule has 0 aromatic heterocycles. The van der Waals surface area contributed by atoms with Crippen molar-refractivity contribution in [3.63, 3.8) is 0 Å². The van der Waals surface area contributed by atoms with E-state index in [-0.39, 0.29) is 0 Å². The SMILES string of the molecule is C[C@H]1CN=C(N[C@@H]2CCCC[C@@H]2C)S1. The molecule has 0 radical (unpaired) electrons. The van der Waals surface area contributed by atoms with Crippen molar-refractivity contribution in [1.82, 2.24) is 5.32 Å². The summed E-state index contributed by atoms with van der Waals surface area (Å²) in [6.07, 6.45) is 5.51. The normalized spacial score (nSPS) is 38.1. The van der Waals surface area contributed by atoms with Gasteiger partial charge in [0, 0.05) is 11.3 Å². The maximum atomic E-state index is 4.51. The zero-order chi connectivity index (χ0) is 9.97. The zero-order valence-electron chi connectivity index (χ0n) is 9.12. The molecule has 2 aliphatic rings. The van der Waals surface area contributed by atoms with Crippen LogP contribution in [0.1, 0.15) is 39.5 Å². The second-order valence-corrected chi connectivity index (χ2v) is 6.01. The zero-order valence-corrected chi connectivity index (χ0v) is 9.94. The van der Waals surface area contributed by atoms with Gasteiger partial charge in [-0.15, -0.1) is 0 Å². The summed E-state index contributed by atoms with van der Waals surface area (Å²) in [5.74, 6) is 0.822. The first-order valence-electron chi connectivity index (χ1n) is 5.73. The second kappa shape index (κ2) is 4.56. The fraction of sp³-hybridized carbons (Fsp3) is 0.909. The van der Waals surface area contributed by atoms with Crippen LogP contribution in [-0.2, 0) is 0 Å². The molecule has 0 aromatic carbocycles. The van der Waals surface area contributed by atoms with Crippen LogP contribution in [0.25, 0.3) is 0 Å². The third kappa shape index (κ3) is 2.44. The molecule has 80 valence electrons. The number of hydrogen-bond donors (Lipinski definition) is 1. The molecule has 1 aliphatic heterocycles. The molecule has 14 heavy (non-hydrogen) atoms. The lowest BCUT2D eigenvalue weighted by Gasteiger charge is -2.30. The summed E-state index contributed by atoms with van der Waals surface area (Å²) in [4.78, 5) is 4.51. The molecule has 1 fully saturated rings. The Morgan fingerprint density at radius 2 is 2.07 bits per heavy atom. The van der Waals surface area contributed by atoms with E-state index < -0.39 is 0 Å². The van der Waals surface area contributed by atoms with Crippen molar-refractivity contribution >= 4 is 16.9 Å². The number of amidine groups is 1. The van der Waals surface area contributed by atoms with Crippen LogP contribution in [0.4, 0.5) is 0 Å². The molecule has 0 bridgehead atoms. The standard InChI is InChI=1S/C11H20N2S/c1-8-5-3-4-6-10(8)13-11-12-7-9(2)14-11/h8-10H,3-7H2,1-2H3,(H,12,13)/t8-,9-,10+/m0/s1. The summed E-state index contributed by atoms with van der Waals surface area (Å²) >= 11 is 1.90. The lowest BCUT2D eigenvalue weighted by molar-refractivity contribution is 0.310. The predicted octanol–water partition coefficient (Wildman–Crippen LogP) is 2.65. The Morgan fingerprint density at radius 3 is 2.71 bits per heavy atom. The van der Waals surface area contributed by atoms with Gasteiger partial charge in [0.15, 0.2) is 5.17 Å². The number of aliphatic imine (C=N–C) groups is 1. The lowest BCUT2D eigenvalue weighted by Crippen LogP contribution is -2.39. The number of nitrogens with zero attached hydrogens (tertiary/aromatic N) is 1. The maximum Gasteiger partial charge on any atom is 0.157 e. The monoisotopic (exact) mass is 212 g/mol. The summed E-state index contributed by atoms with van der Waals surface area (Å²) in [5.41, 5.74) is 0. The van der Waals surface area contributed by atoms with E-state index in [2.05, 4.69) is 24.2 Å². The fourth-order valence-corrected chi connectivity index (χ4v) is 3.14. The van der Waals surface area contributed by atoms with Crippen LogP contribution in [0, 0.1) is 5.92 Å². The number of hydrogen-bond acceptors (Lipinski definition) is 3. The van der Waals surface area contributed by atoms with Crippen LogP contribution in [0.3, 0.4) is 0 Å². The van der Waals surface area contributed by atoms with Crippen molar-refractivity contribution in [3.8, 4) is 0 Å². The predicted molar refractivity (Wildman–Crippen MR) is 63.9 cm³/mol. The lowest BCUT2D eigenvalue weighted by atomic mass is 9.86. The van der Waals surface area contributed by atoms with E-state index in [4.69, 9.17) is 0 Å². The molecule has 0 unspecified atom stereocenters. The molecule has 2 nitrogen and oxygen atoms in total. The molecule has 2 rings (SSSR count). The molecule has 0 saturated heterocycles. The van der Waals surface area contributed by atoms with E-state index in [1.807, 2.05) is 11.8 Å². The Morgan fingerprint density at radius 1 is 1.29 bits per heavy atom. The van der Waals surface area contributed by atoms with Crippen molar-refractivity contribution in [2.75, 3.05) is 6.54 Å². The third-order valence-corrected chi connectivity index (χ3v) is 4.25. The summed E-state index contributed by atoms with van der Waals surface area (Å²) in [7, 11) is 0. The number of nitrogens with one attached hydrogen (secondary N) is 1. The van der Waals surface area contributed by atoms with Gasteiger partial charge < -0.3 is 5.32 Å². The quantitative estimate of drug-likeness (QED) is 0.722. The van der Waals surface area contributed by atoms with Gasteiger partial charge in [0.1, 0.15) is 0 Å². The Kier molecular flexibility index (Phi) is 3.37. The smallest absolute Gasteiger partial charge is 0.157 e. The molecule has 0 spiro atoms. The highest BCUT2D eigenvalue weighted by Crippen LogP contribution is 2.26. The van der Waals surface area contributed by atoms with Crippen LogP contribution < -0.4 is 5.32 Å². The first kappa shape index (κ1) is 10.3. The van der Waals surface area contributed by atoms with Crippen LogP contribution in [-0.4, -0.2) is 23.0 Å². The molecule has 0 aromatic rings. The summed E-state index contributed by atoms with van der Waals surface area (Å²) < 4.78 is 0. The van der Waals surface area contributed by atoms with Crippen molar-refractivity contribution in [2.45, 2.75) is 50.8 Å². The van der Waals surface area contributed by atoms with Crippen molar-refractivity contribution in [1.29, 1.82) is 0 Å². The molecule has 3 atom stereocenters. The minimum atomic E-state index is 0.677. The highest BCUT2D eigenvalue weighted by molar-refractivity contribution is 8.14. The van der Waals surface area contributed by atoms with Crippen molar-refractivity contribution in [2.24, 2.45) is 10.9 Å². The highest BCUT2D eigenvalue weighted by Gasteiger charge is 2.24. The van der Waals surface area contributed by atoms with Gasteiger partial charge in [-0.1, -0.05) is 38.5 Å². The van der Waals surface area contributed by atoms with Gasteiger partial charge in [-0.05, 0) is 18.8 Å². The first-order valence-corrected chi connectivity index (χ1v) is 6.61. The summed E-state index contributed by atoms with van der Waals surface area (Å²) in [6, 6.07) is 0.681. The number of thioether (sulfide) groups is 1. The minimum absolute atomic E-state index is 0.677. The van der Waals surface area contributed by atoms with Crippen LogP contribution in [0.15, 0.2) is 4.99 Å². The Bertz CT molecular complexity index is 227. The number of rotatable bonds is 1. The maximum absolute atomic E-state index is 4.51. The first-order chi connectivity index (χ1) is 6.75.